The van der Waals surface area contributed by atoms with Crippen molar-refractivity contribution >= 4 is 12.0 Å². The van der Waals surface area contributed by atoms with Crippen molar-refractivity contribution in [2.24, 2.45) is 5.92 Å². The van der Waals surface area contributed by atoms with Crippen molar-refractivity contribution in [3.63, 3.8) is 0 Å². The Labute approximate surface area is 102 Å². The van der Waals surface area contributed by atoms with Crippen LogP contribution in [0.15, 0.2) is 0 Å². The van der Waals surface area contributed by atoms with Crippen LogP contribution in [0.3, 0.4) is 0 Å². The molecule has 1 N–H and O–H groups in total. The van der Waals surface area contributed by atoms with Gasteiger partial charge in [-0.25, -0.2) is 9.59 Å². The fourth-order valence-electron chi connectivity index (χ4n) is 2.23. The first-order chi connectivity index (χ1) is 8.01. The minimum absolute atomic E-state index is 0.172. The van der Waals surface area contributed by atoms with E-state index in [0.29, 0.717) is 25.4 Å². The largest absolute Gasteiger partial charge is 0.480 e. The summed E-state index contributed by atoms with van der Waals surface area (Å²) in [4.78, 5) is 26.3. The van der Waals surface area contributed by atoms with Gasteiger partial charge in [-0.3, -0.25) is 0 Å². The first-order valence-corrected chi connectivity index (χ1v) is 6.25. The van der Waals surface area contributed by atoms with Crippen molar-refractivity contribution in [3.05, 3.63) is 0 Å². The molecular formula is C12H22N2O3. The summed E-state index contributed by atoms with van der Waals surface area (Å²) in [6.07, 6.45) is 2.47. The number of rotatable bonds is 3. The van der Waals surface area contributed by atoms with Crippen molar-refractivity contribution in [2.45, 2.75) is 39.2 Å². The minimum atomic E-state index is -0.888. The van der Waals surface area contributed by atoms with Gasteiger partial charge in [-0.05, 0) is 25.7 Å². The highest BCUT2D eigenvalue weighted by atomic mass is 16.4. The molecular weight excluding hydrogens is 220 g/mol. The van der Waals surface area contributed by atoms with Crippen LogP contribution in [0.4, 0.5) is 4.79 Å². The molecule has 1 aliphatic heterocycles. The molecule has 0 aliphatic carbocycles. The predicted molar refractivity (Wildman–Crippen MR) is 64.8 cm³/mol. The molecule has 1 saturated heterocycles. The molecule has 0 saturated carbocycles. The zero-order valence-electron chi connectivity index (χ0n) is 10.8. The maximum Gasteiger partial charge on any atom is 0.326 e. The first kappa shape index (κ1) is 13.8. The summed E-state index contributed by atoms with van der Waals surface area (Å²) < 4.78 is 0. The Morgan fingerprint density at radius 1 is 1.41 bits per heavy atom. The van der Waals surface area contributed by atoms with Crippen LogP contribution in [0.1, 0.15) is 33.1 Å². The molecule has 0 aromatic carbocycles. The fourth-order valence-corrected chi connectivity index (χ4v) is 2.23. The number of likely N-dealkylation sites (tertiary alicyclic amines) is 1. The molecule has 1 heterocycles. The highest BCUT2D eigenvalue weighted by molar-refractivity contribution is 5.82. The Balaban J connectivity index is 2.76. The second kappa shape index (κ2) is 5.89. The van der Waals surface area contributed by atoms with E-state index in [4.69, 9.17) is 0 Å². The summed E-state index contributed by atoms with van der Waals surface area (Å²) in [6, 6.07) is -0.829. The van der Waals surface area contributed by atoms with Gasteiger partial charge in [-0.2, -0.15) is 0 Å². The van der Waals surface area contributed by atoms with Gasteiger partial charge in [0.25, 0.3) is 0 Å². The second-order valence-electron chi connectivity index (χ2n) is 4.64. The Morgan fingerprint density at radius 2 is 2.06 bits per heavy atom. The number of nitrogens with zero attached hydrogens (tertiary/aromatic N) is 2. The van der Waals surface area contributed by atoms with E-state index in [0.717, 1.165) is 12.8 Å². The van der Waals surface area contributed by atoms with E-state index in [1.54, 1.807) is 11.9 Å². The minimum Gasteiger partial charge on any atom is -0.480 e. The van der Waals surface area contributed by atoms with Crippen LogP contribution in [0.25, 0.3) is 0 Å². The number of amides is 2. The Hall–Kier alpha value is -1.26. The molecule has 5 heteroatoms. The number of carboxylic acids is 1. The van der Waals surface area contributed by atoms with E-state index in [9.17, 15) is 14.7 Å². The van der Waals surface area contributed by atoms with Crippen LogP contribution >= 0.6 is 0 Å². The number of hydrogen-bond donors (Lipinski definition) is 1. The van der Waals surface area contributed by atoms with Gasteiger partial charge in [0.15, 0.2) is 0 Å². The van der Waals surface area contributed by atoms with Crippen molar-refractivity contribution < 1.29 is 14.7 Å². The fraction of sp³-hybridized carbons (Fsp3) is 0.833. The van der Waals surface area contributed by atoms with Crippen molar-refractivity contribution in [1.29, 1.82) is 0 Å². The van der Waals surface area contributed by atoms with Gasteiger partial charge in [0.1, 0.15) is 6.04 Å². The van der Waals surface area contributed by atoms with E-state index in [1.807, 2.05) is 6.92 Å². The summed E-state index contributed by atoms with van der Waals surface area (Å²) in [5.41, 5.74) is 0. The summed E-state index contributed by atoms with van der Waals surface area (Å²) >= 11 is 0. The molecule has 1 aliphatic rings. The van der Waals surface area contributed by atoms with Crippen LogP contribution in [0.2, 0.25) is 0 Å². The molecule has 0 aromatic heterocycles. The van der Waals surface area contributed by atoms with Crippen LogP contribution in [-0.4, -0.2) is 53.1 Å². The van der Waals surface area contributed by atoms with E-state index in [-0.39, 0.29) is 6.03 Å². The normalized spacial score (nSPS) is 24.5. The van der Waals surface area contributed by atoms with Gasteiger partial charge in [-0.15, -0.1) is 0 Å². The lowest BCUT2D eigenvalue weighted by Gasteiger charge is -2.38. The SMILES string of the molecule is CCC1CCN(C(=O)N(C)CC)C(C(=O)O)C1. The van der Waals surface area contributed by atoms with Crippen LogP contribution in [0, 0.1) is 5.92 Å². The molecule has 0 radical (unpaired) electrons. The monoisotopic (exact) mass is 242 g/mol. The predicted octanol–water partition coefficient (Wildman–Crippen LogP) is 1.63. The van der Waals surface area contributed by atoms with E-state index in [1.165, 1.54) is 4.90 Å². The molecule has 5 nitrogen and oxygen atoms in total. The molecule has 0 spiro atoms. The van der Waals surface area contributed by atoms with Gasteiger partial charge in [0.2, 0.25) is 0 Å². The summed E-state index contributed by atoms with van der Waals surface area (Å²) in [7, 11) is 1.70. The number of carboxylic acid groups (broad SMARTS) is 1. The molecule has 2 atom stereocenters. The maximum atomic E-state index is 12.0. The van der Waals surface area contributed by atoms with Gasteiger partial charge < -0.3 is 14.9 Å². The molecule has 2 unspecified atom stereocenters. The highest BCUT2D eigenvalue weighted by Crippen LogP contribution is 2.26. The van der Waals surface area contributed by atoms with E-state index in [2.05, 4.69) is 6.92 Å². The first-order valence-electron chi connectivity index (χ1n) is 6.25. The number of piperidine rings is 1. The average Bonchev–Trinajstić information content (AvgIpc) is 2.35. The lowest BCUT2D eigenvalue weighted by atomic mass is 9.89. The quantitative estimate of drug-likeness (QED) is 0.818. The molecule has 1 fully saturated rings. The molecule has 0 bridgehead atoms. The summed E-state index contributed by atoms with van der Waals surface area (Å²) in [5.74, 6) is -0.465. The number of hydrogen-bond acceptors (Lipinski definition) is 2. The zero-order chi connectivity index (χ0) is 13.0. The standard InChI is InChI=1S/C12H22N2O3/c1-4-9-6-7-14(10(8-9)11(15)16)12(17)13(3)5-2/h9-10H,4-8H2,1-3H3,(H,15,16). The van der Waals surface area contributed by atoms with Crippen LogP contribution in [-0.2, 0) is 4.79 Å². The lowest BCUT2D eigenvalue weighted by molar-refractivity contribution is -0.144. The van der Waals surface area contributed by atoms with Gasteiger partial charge in [0, 0.05) is 20.1 Å². The number of aliphatic carboxylic acids is 1. The summed E-state index contributed by atoms with van der Waals surface area (Å²) in [5, 5.41) is 9.21. The van der Waals surface area contributed by atoms with Gasteiger partial charge in [0.05, 0.1) is 0 Å². The lowest BCUT2D eigenvalue weighted by Crippen LogP contribution is -2.53. The Morgan fingerprint density at radius 3 is 2.53 bits per heavy atom. The van der Waals surface area contributed by atoms with Crippen molar-refractivity contribution in [3.8, 4) is 0 Å². The highest BCUT2D eigenvalue weighted by Gasteiger charge is 2.36. The van der Waals surface area contributed by atoms with Crippen molar-refractivity contribution in [1.82, 2.24) is 9.80 Å². The van der Waals surface area contributed by atoms with Crippen LogP contribution < -0.4 is 0 Å². The molecule has 0 aromatic rings. The topological polar surface area (TPSA) is 60.9 Å². The zero-order valence-corrected chi connectivity index (χ0v) is 10.8. The molecule has 2 amide bonds. The Bertz CT molecular complexity index is 293. The number of carbonyl (C=O) groups excluding carboxylic acids is 1. The molecule has 17 heavy (non-hydrogen) atoms. The van der Waals surface area contributed by atoms with E-state index < -0.39 is 12.0 Å². The molecule has 1 rings (SSSR count). The average molecular weight is 242 g/mol. The smallest absolute Gasteiger partial charge is 0.326 e. The number of urea groups is 1. The third-order valence-electron chi connectivity index (χ3n) is 3.62. The van der Waals surface area contributed by atoms with Crippen LogP contribution in [0.5, 0.6) is 0 Å². The van der Waals surface area contributed by atoms with E-state index >= 15 is 0 Å². The third-order valence-corrected chi connectivity index (χ3v) is 3.62. The van der Waals surface area contributed by atoms with Gasteiger partial charge in [-0.1, -0.05) is 13.3 Å². The third kappa shape index (κ3) is 3.11. The maximum absolute atomic E-state index is 12.0. The Kier molecular flexibility index (Phi) is 4.78. The number of carbonyl (C=O) groups is 2. The van der Waals surface area contributed by atoms with Gasteiger partial charge >= 0.3 is 12.0 Å². The molecule has 98 valence electrons. The van der Waals surface area contributed by atoms with Crippen molar-refractivity contribution in [2.75, 3.05) is 20.1 Å². The second-order valence-corrected chi connectivity index (χ2v) is 4.64. The summed E-state index contributed by atoms with van der Waals surface area (Å²) in [6.45, 7) is 5.10.